The van der Waals surface area contributed by atoms with Crippen LogP contribution in [0.25, 0.3) is 0 Å². The molecular formula is C14H25N3OS. The number of hydrogen-bond acceptors (Lipinski definition) is 5. The smallest absolute Gasteiger partial charge is 0.0944 e. The van der Waals surface area contributed by atoms with Gasteiger partial charge in [0.15, 0.2) is 0 Å². The molecule has 0 unspecified atom stereocenters. The van der Waals surface area contributed by atoms with Gasteiger partial charge in [0.05, 0.1) is 22.2 Å². The van der Waals surface area contributed by atoms with Gasteiger partial charge in [0.2, 0.25) is 0 Å². The highest BCUT2D eigenvalue weighted by Crippen LogP contribution is 2.20. The highest BCUT2D eigenvalue weighted by molar-refractivity contribution is 7.11. The van der Waals surface area contributed by atoms with E-state index >= 15 is 0 Å². The van der Waals surface area contributed by atoms with E-state index in [0.29, 0.717) is 0 Å². The second kappa shape index (κ2) is 7.33. The van der Waals surface area contributed by atoms with Gasteiger partial charge in [-0.25, -0.2) is 4.98 Å². The van der Waals surface area contributed by atoms with E-state index in [0.717, 1.165) is 49.5 Å². The molecule has 0 spiro atoms. The second-order valence-electron chi connectivity index (χ2n) is 5.28. The van der Waals surface area contributed by atoms with E-state index in [1.807, 2.05) is 0 Å². The van der Waals surface area contributed by atoms with Crippen molar-refractivity contribution in [1.82, 2.24) is 14.8 Å². The van der Waals surface area contributed by atoms with Gasteiger partial charge in [-0.2, -0.15) is 0 Å². The van der Waals surface area contributed by atoms with Crippen molar-refractivity contribution in [1.29, 1.82) is 0 Å². The van der Waals surface area contributed by atoms with E-state index in [1.165, 1.54) is 18.1 Å². The third kappa shape index (κ3) is 4.24. The summed E-state index contributed by atoms with van der Waals surface area (Å²) in [5.41, 5.74) is 1.11. The third-order valence-corrected chi connectivity index (χ3v) is 4.83. The molecule has 0 radical (unpaired) electrons. The first kappa shape index (κ1) is 14.9. The maximum atomic E-state index is 9.36. The predicted molar refractivity (Wildman–Crippen MR) is 79.7 cm³/mol. The number of aliphatic hydroxyl groups excluding tert-OH is 1. The lowest BCUT2D eigenvalue weighted by molar-refractivity contribution is 0.155. The molecule has 1 fully saturated rings. The first-order valence-electron chi connectivity index (χ1n) is 7.22. The molecule has 1 saturated heterocycles. The van der Waals surface area contributed by atoms with Gasteiger partial charge in [-0.05, 0) is 13.5 Å². The van der Waals surface area contributed by atoms with Crippen LogP contribution in [0.3, 0.4) is 0 Å². The van der Waals surface area contributed by atoms with Gasteiger partial charge in [0, 0.05) is 39.1 Å². The lowest BCUT2D eigenvalue weighted by Gasteiger charge is -2.32. The number of piperazine rings is 1. The Hall–Kier alpha value is -0.490. The van der Waals surface area contributed by atoms with E-state index in [4.69, 9.17) is 4.98 Å². The van der Waals surface area contributed by atoms with Crippen LogP contribution in [0.1, 0.15) is 28.9 Å². The monoisotopic (exact) mass is 283 g/mol. The number of aryl methyl sites for hydroxylation is 1. The van der Waals surface area contributed by atoms with Gasteiger partial charge in [-0.1, -0.05) is 13.3 Å². The van der Waals surface area contributed by atoms with Crippen molar-refractivity contribution in [2.24, 2.45) is 0 Å². The van der Waals surface area contributed by atoms with Crippen molar-refractivity contribution in [2.45, 2.75) is 32.8 Å². The molecule has 2 heterocycles. The molecule has 0 bridgehead atoms. The molecule has 2 rings (SSSR count). The van der Waals surface area contributed by atoms with E-state index in [-0.39, 0.29) is 6.61 Å². The number of thiazole rings is 1. The average Bonchev–Trinajstić information content (AvgIpc) is 2.81. The fraction of sp³-hybridized carbons (Fsp3) is 0.786. The van der Waals surface area contributed by atoms with Gasteiger partial charge in [0.25, 0.3) is 0 Å². The quantitative estimate of drug-likeness (QED) is 0.856. The topological polar surface area (TPSA) is 39.6 Å². The Labute approximate surface area is 120 Å². The van der Waals surface area contributed by atoms with Crippen LogP contribution in [-0.2, 0) is 19.4 Å². The Balaban J connectivity index is 1.85. The van der Waals surface area contributed by atoms with Crippen LogP contribution in [0, 0.1) is 0 Å². The molecule has 108 valence electrons. The third-order valence-electron chi connectivity index (χ3n) is 3.69. The molecule has 0 atom stereocenters. The van der Waals surface area contributed by atoms with Gasteiger partial charge < -0.3 is 14.9 Å². The lowest BCUT2D eigenvalue weighted by Crippen LogP contribution is -2.45. The first-order valence-corrected chi connectivity index (χ1v) is 8.03. The van der Waals surface area contributed by atoms with Gasteiger partial charge in [0.1, 0.15) is 0 Å². The number of likely N-dealkylation sites (N-methyl/N-ethyl adjacent to an activating group) is 1. The standard InChI is InChI=1S/C14H25N3OS/c1-3-4-12-13(11-18)19-14(15-12)5-6-17-9-7-16(2)8-10-17/h18H,3-11H2,1-2H3. The Morgan fingerprint density at radius 3 is 2.58 bits per heavy atom. The van der Waals surface area contributed by atoms with Crippen molar-refractivity contribution >= 4 is 11.3 Å². The molecular weight excluding hydrogens is 258 g/mol. The summed E-state index contributed by atoms with van der Waals surface area (Å²) in [7, 11) is 2.18. The molecule has 1 N–H and O–H groups in total. The van der Waals surface area contributed by atoms with Crippen molar-refractivity contribution in [3.05, 3.63) is 15.6 Å². The van der Waals surface area contributed by atoms with Crippen molar-refractivity contribution in [2.75, 3.05) is 39.8 Å². The van der Waals surface area contributed by atoms with E-state index in [9.17, 15) is 5.11 Å². The fourth-order valence-corrected chi connectivity index (χ4v) is 3.39. The molecule has 0 aliphatic carbocycles. The molecule has 1 aliphatic rings. The Morgan fingerprint density at radius 1 is 1.21 bits per heavy atom. The zero-order valence-corrected chi connectivity index (χ0v) is 12.9. The number of aromatic nitrogens is 1. The lowest BCUT2D eigenvalue weighted by atomic mass is 10.2. The minimum atomic E-state index is 0.140. The normalized spacial score (nSPS) is 18.1. The van der Waals surface area contributed by atoms with Gasteiger partial charge in [-0.15, -0.1) is 11.3 Å². The fourth-order valence-electron chi connectivity index (χ4n) is 2.42. The molecule has 1 aromatic rings. The molecule has 0 saturated carbocycles. The molecule has 5 heteroatoms. The summed E-state index contributed by atoms with van der Waals surface area (Å²) >= 11 is 1.69. The van der Waals surface area contributed by atoms with Crippen molar-refractivity contribution in [3.8, 4) is 0 Å². The summed E-state index contributed by atoms with van der Waals surface area (Å²) in [5.74, 6) is 0. The predicted octanol–water partition coefficient (Wildman–Crippen LogP) is 1.38. The van der Waals surface area contributed by atoms with E-state index in [1.54, 1.807) is 11.3 Å². The maximum absolute atomic E-state index is 9.36. The largest absolute Gasteiger partial charge is 0.391 e. The van der Waals surface area contributed by atoms with E-state index < -0.39 is 0 Å². The number of nitrogens with zero attached hydrogens (tertiary/aromatic N) is 3. The van der Waals surface area contributed by atoms with Crippen LogP contribution in [0.2, 0.25) is 0 Å². The van der Waals surface area contributed by atoms with E-state index in [2.05, 4.69) is 23.8 Å². The zero-order valence-electron chi connectivity index (χ0n) is 12.1. The molecule has 1 aliphatic heterocycles. The highest BCUT2D eigenvalue weighted by atomic mass is 32.1. The number of hydrogen-bond donors (Lipinski definition) is 1. The van der Waals surface area contributed by atoms with Crippen LogP contribution < -0.4 is 0 Å². The number of aliphatic hydroxyl groups is 1. The van der Waals surface area contributed by atoms with Gasteiger partial charge in [-0.3, -0.25) is 0 Å². The SMILES string of the molecule is CCCc1nc(CCN2CCN(C)CC2)sc1CO. The number of rotatable bonds is 6. The Morgan fingerprint density at radius 2 is 1.95 bits per heavy atom. The van der Waals surface area contributed by atoms with Crippen LogP contribution in [0.4, 0.5) is 0 Å². The summed E-state index contributed by atoms with van der Waals surface area (Å²) in [6.45, 7) is 8.05. The molecule has 19 heavy (non-hydrogen) atoms. The van der Waals surface area contributed by atoms with Crippen LogP contribution >= 0.6 is 11.3 Å². The molecule has 4 nitrogen and oxygen atoms in total. The summed E-state index contributed by atoms with van der Waals surface area (Å²) in [6.07, 6.45) is 3.10. The molecule has 0 aromatic carbocycles. The zero-order chi connectivity index (χ0) is 13.7. The summed E-state index contributed by atoms with van der Waals surface area (Å²) in [4.78, 5) is 10.6. The Kier molecular flexibility index (Phi) is 5.76. The second-order valence-corrected chi connectivity index (χ2v) is 6.45. The van der Waals surface area contributed by atoms with Crippen LogP contribution in [0.5, 0.6) is 0 Å². The average molecular weight is 283 g/mol. The van der Waals surface area contributed by atoms with Crippen LogP contribution in [-0.4, -0.2) is 59.7 Å². The minimum absolute atomic E-state index is 0.140. The van der Waals surface area contributed by atoms with Crippen molar-refractivity contribution in [3.63, 3.8) is 0 Å². The summed E-state index contributed by atoms with van der Waals surface area (Å²) in [5, 5.41) is 10.5. The first-order chi connectivity index (χ1) is 9.22. The summed E-state index contributed by atoms with van der Waals surface area (Å²) < 4.78 is 0. The minimum Gasteiger partial charge on any atom is -0.391 e. The highest BCUT2D eigenvalue weighted by Gasteiger charge is 2.15. The van der Waals surface area contributed by atoms with Crippen molar-refractivity contribution < 1.29 is 5.11 Å². The van der Waals surface area contributed by atoms with Crippen LogP contribution in [0.15, 0.2) is 0 Å². The maximum Gasteiger partial charge on any atom is 0.0944 e. The molecule has 1 aromatic heterocycles. The Bertz CT molecular complexity index is 386. The van der Waals surface area contributed by atoms with Gasteiger partial charge >= 0.3 is 0 Å². The molecule has 0 amide bonds. The summed E-state index contributed by atoms with van der Waals surface area (Å²) in [6, 6.07) is 0.